The molecule has 1 aliphatic carbocycles. The quantitative estimate of drug-likeness (QED) is 0.578. The Kier molecular flexibility index (Phi) is 5.19. The van der Waals surface area contributed by atoms with Crippen molar-refractivity contribution in [2.75, 3.05) is 39.2 Å². The zero-order valence-corrected chi connectivity index (χ0v) is 12.3. The van der Waals surface area contributed by atoms with Crippen molar-refractivity contribution in [3.05, 3.63) is 0 Å². The summed E-state index contributed by atoms with van der Waals surface area (Å²) in [7, 11) is -1.62. The monoisotopic (exact) mass is 292 g/mol. The van der Waals surface area contributed by atoms with Crippen LogP contribution in [-0.2, 0) is 19.5 Å². The maximum absolute atomic E-state index is 11.9. The summed E-state index contributed by atoms with van der Waals surface area (Å²) in [5, 5.41) is 3.31. The third-order valence-electron chi connectivity index (χ3n) is 3.71. The molecule has 2 aliphatic rings. The fourth-order valence-electron chi connectivity index (χ4n) is 2.13. The van der Waals surface area contributed by atoms with Crippen molar-refractivity contribution in [1.82, 2.24) is 10.0 Å². The van der Waals surface area contributed by atoms with E-state index in [2.05, 4.69) is 10.0 Å². The van der Waals surface area contributed by atoms with Gasteiger partial charge in [0.25, 0.3) is 0 Å². The molecule has 1 heterocycles. The molecule has 1 saturated heterocycles. The van der Waals surface area contributed by atoms with Gasteiger partial charge < -0.3 is 14.8 Å². The first-order valence-corrected chi connectivity index (χ1v) is 8.54. The lowest BCUT2D eigenvalue weighted by Gasteiger charge is -2.25. The maximum Gasteiger partial charge on any atom is 0.211 e. The van der Waals surface area contributed by atoms with Gasteiger partial charge in [-0.1, -0.05) is 0 Å². The Balaban J connectivity index is 1.67. The van der Waals surface area contributed by atoms with Crippen molar-refractivity contribution in [3.8, 4) is 0 Å². The molecule has 2 rings (SSSR count). The second kappa shape index (κ2) is 6.49. The predicted octanol–water partition coefficient (Wildman–Crippen LogP) is -0.147. The highest BCUT2D eigenvalue weighted by Crippen LogP contribution is 2.21. The molecule has 1 aliphatic heterocycles. The molecule has 0 spiro atoms. The van der Waals surface area contributed by atoms with Crippen molar-refractivity contribution in [2.24, 2.45) is 0 Å². The third kappa shape index (κ3) is 5.00. The average molecular weight is 292 g/mol. The summed E-state index contributed by atoms with van der Waals surface area (Å²) in [6, 6.07) is 0.628. The summed E-state index contributed by atoms with van der Waals surface area (Å²) in [5.74, 6) is 0.160. The Hall–Kier alpha value is -0.210. The molecule has 6 nitrogen and oxygen atoms in total. The lowest BCUT2D eigenvalue weighted by atomic mass is 10.0. The first-order chi connectivity index (χ1) is 9.05. The van der Waals surface area contributed by atoms with Crippen LogP contribution in [0.2, 0.25) is 0 Å². The molecular weight excluding hydrogens is 268 g/mol. The highest BCUT2D eigenvalue weighted by Gasteiger charge is 2.35. The average Bonchev–Trinajstić information content (AvgIpc) is 3.09. The molecule has 0 amide bonds. The molecule has 7 heteroatoms. The van der Waals surface area contributed by atoms with Gasteiger partial charge in [0, 0.05) is 32.7 Å². The molecule has 0 aromatic heterocycles. The van der Waals surface area contributed by atoms with E-state index >= 15 is 0 Å². The van der Waals surface area contributed by atoms with Crippen LogP contribution in [0.1, 0.15) is 25.7 Å². The maximum atomic E-state index is 11.9. The van der Waals surface area contributed by atoms with Crippen LogP contribution in [0.3, 0.4) is 0 Å². The van der Waals surface area contributed by atoms with Gasteiger partial charge >= 0.3 is 0 Å². The van der Waals surface area contributed by atoms with E-state index in [1.165, 1.54) is 12.8 Å². The lowest BCUT2D eigenvalue weighted by molar-refractivity contribution is -0.0120. The molecule has 0 bridgehead atoms. The third-order valence-corrected chi connectivity index (χ3v) is 5.12. The molecule has 1 saturated carbocycles. The minimum Gasteiger partial charge on any atom is -0.378 e. The molecule has 112 valence electrons. The second-order valence-corrected chi connectivity index (χ2v) is 7.34. The van der Waals surface area contributed by atoms with Crippen molar-refractivity contribution in [2.45, 2.75) is 37.3 Å². The van der Waals surface area contributed by atoms with E-state index in [4.69, 9.17) is 9.47 Å². The van der Waals surface area contributed by atoms with Gasteiger partial charge in [-0.05, 0) is 25.8 Å². The summed E-state index contributed by atoms with van der Waals surface area (Å²) >= 11 is 0. The van der Waals surface area contributed by atoms with Crippen LogP contribution in [0.4, 0.5) is 0 Å². The fourth-order valence-corrected chi connectivity index (χ4v) is 3.28. The van der Waals surface area contributed by atoms with Crippen molar-refractivity contribution < 1.29 is 17.9 Å². The van der Waals surface area contributed by atoms with Gasteiger partial charge in [-0.3, -0.25) is 0 Å². The lowest BCUT2D eigenvalue weighted by Crippen LogP contribution is -2.45. The van der Waals surface area contributed by atoms with Crippen LogP contribution < -0.4 is 10.0 Å². The zero-order chi connectivity index (χ0) is 13.8. The summed E-state index contributed by atoms with van der Waals surface area (Å²) in [6.45, 7) is 2.14. The Labute approximate surface area is 115 Å². The van der Waals surface area contributed by atoms with Gasteiger partial charge in [0.1, 0.15) is 5.60 Å². The van der Waals surface area contributed by atoms with Crippen LogP contribution in [-0.4, -0.2) is 59.2 Å². The zero-order valence-electron chi connectivity index (χ0n) is 11.5. The van der Waals surface area contributed by atoms with Gasteiger partial charge in [0.05, 0.1) is 12.4 Å². The van der Waals surface area contributed by atoms with Gasteiger partial charge in [-0.2, -0.15) is 0 Å². The largest absolute Gasteiger partial charge is 0.378 e. The molecule has 1 unspecified atom stereocenters. The molecule has 2 fully saturated rings. The fraction of sp³-hybridized carbons (Fsp3) is 1.00. The minimum atomic E-state index is -3.22. The highest BCUT2D eigenvalue weighted by atomic mass is 32.2. The molecule has 1 atom stereocenters. The van der Waals surface area contributed by atoms with E-state index in [9.17, 15) is 8.42 Å². The first-order valence-electron chi connectivity index (χ1n) is 6.89. The van der Waals surface area contributed by atoms with E-state index in [1.54, 1.807) is 7.11 Å². The highest BCUT2D eigenvalue weighted by molar-refractivity contribution is 7.89. The number of hydrogen-bond acceptors (Lipinski definition) is 5. The molecule has 0 radical (unpaired) electrons. The van der Waals surface area contributed by atoms with Crippen LogP contribution in [0.5, 0.6) is 0 Å². The Morgan fingerprint density at radius 2 is 2.21 bits per heavy atom. The topological polar surface area (TPSA) is 76.7 Å². The van der Waals surface area contributed by atoms with Crippen molar-refractivity contribution in [1.29, 1.82) is 0 Å². The number of methoxy groups -OCH3 is 1. The summed E-state index contributed by atoms with van der Waals surface area (Å²) in [5.41, 5.74) is -0.487. The SMILES string of the molecule is COC1(CNS(=O)(=O)CCCNC2CC2)CCOC1. The van der Waals surface area contributed by atoms with E-state index in [0.29, 0.717) is 32.2 Å². The van der Waals surface area contributed by atoms with E-state index in [1.807, 2.05) is 0 Å². The van der Waals surface area contributed by atoms with Gasteiger partial charge in [-0.25, -0.2) is 13.1 Å². The van der Waals surface area contributed by atoms with E-state index < -0.39 is 15.6 Å². The molecule has 2 N–H and O–H groups in total. The van der Waals surface area contributed by atoms with Crippen molar-refractivity contribution >= 4 is 10.0 Å². The summed E-state index contributed by atoms with van der Waals surface area (Å²) < 4.78 is 37.1. The number of nitrogens with one attached hydrogen (secondary N) is 2. The van der Waals surface area contributed by atoms with Gasteiger partial charge in [0.2, 0.25) is 10.0 Å². The minimum absolute atomic E-state index is 0.160. The first kappa shape index (κ1) is 15.2. The normalized spacial score (nSPS) is 27.8. The number of ether oxygens (including phenoxy) is 2. The van der Waals surface area contributed by atoms with Crippen LogP contribution in [0.25, 0.3) is 0 Å². The molecular formula is C12H24N2O4S. The molecule has 19 heavy (non-hydrogen) atoms. The Morgan fingerprint density at radius 3 is 2.79 bits per heavy atom. The Bertz CT molecular complexity index is 375. The molecule has 0 aromatic rings. The van der Waals surface area contributed by atoms with E-state index in [0.717, 1.165) is 13.0 Å². The standard InChI is InChI=1S/C12H24N2O4S/c1-17-12(5-7-18-10-12)9-14-19(15,16)8-2-6-13-11-3-4-11/h11,13-14H,2-10H2,1H3. The predicted molar refractivity (Wildman–Crippen MR) is 72.6 cm³/mol. The summed E-state index contributed by atoms with van der Waals surface area (Å²) in [4.78, 5) is 0. The number of sulfonamides is 1. The van der Waals surface area contributed by atoms with E-state index in [-0.39, 0.29) is 5.75 Å². The van der Waals surface area contributed by atoms with Crippen LogP contribution >= 0.6 is 0 Å². The summed E-state index contributed by atoms with van der Waals surface area (Å²) in [6.07, 6.45) is 3.82. The van der Waals surface area contributed by atoms with Gasteiger partial charge in [-0.15, -0.1) is 0 Å². The Morgan fingerprint density at radius 1 is 1.42 bits per heavy atom. The smallest absolute Gasteiger partial charge is 0.211 e. The van der Waals surface area contributed by atoms with Gasteiger partial charge in [0.15, 0.2) is 0 Å². The number of hydrogen-bond donors (Lipinski definition) is 2. The molecule has 0 aromatic carbocycles. The van der Waals surface area contributed by atoms with Crippen molar-refractivity contribution in [3.63, 3.8) is 0 Å². The van der Waals surface area contributed by atoms with Crippen LogP contribution in [0, 0.1) is 0 Å². The second-order valence-electron chi connectivity index (χ2n) is 5.41. The number of rotatable bonds is 9. The van der Waals surface area contributed by atoms with Crippen LogP contribution in [0.15, 0.2) is 0 Å².